The van der Waals surface area contributed by atoms with Gasteiger partial charge in [-0.2, -0.15) is 0 Å². The van der Waals surface area contributed by atoms with Crippen molar-refractivity contribution in [2.45, 2.75) is 45.6 Å². The van der Waals surface area contributed by atoms with E-state index < -0.39 is 0 Å². The summed E-state index contributed by atoms with van der Waals surface area (Å²) in [5, 5.41) is 11.1. The molecule has 1 amide bonds. The van der Waals surface area contributed by atoms with Crippen molar-refractivity contribution >= 4 is 17.2 Å². The van der Waals surface area contributed by atoms with Crippen LogP contribution in [-0.2, 0) is 22.4 Å². The highest BCUT2D eigenvalue weighted by molar-refractivity contribution is 7.09. The average molecular weight is 350 g/mol. The minimum atomic E-state index is -0.357. The molecule has 8 heteroatoms. The minimum Gasteiger partial charge on any atom is -0.422 e. The summed E-state index contributed by atoms with van der Waals surface area (Å²) < 4.78 is 11.4. The number of ether oxygens (including phenoxy) is 1. The highest BCUT2D eigenvalue weighted by Gasteiger charge is 2.29. The van der Waals surface area contributed by atoms with Gasteiger partial charge in [0.15, 0.2) is 6.10 Å². The standard InChI is InChI=1S/C16H22N4O3S/c1-4-13-17-11(9-24-13)7-14(21)20-5-6-22-12(8-20)16-19-18-15(23-16)10(2)3/h9-10,12H,4-8H2,1-3H3/t12-/m1/s1. The van der Waals surface area contributed by atoms with Crippen LogP contribution in [-0.4, -0.2) is 45.7 Å². The molecular weight excluding hydrogens is 328 g/mol. The predicted molar refractivity (Wildman–Crippen MR) is 88.9 cm³/mol. The molecule has 0 bridgehead atoms. The second-order valence-corrected chi connectivity index (χ2v) is 7.04. The van der Waals surface area contributed by atoms with Crippen molar-refractivity contribution in [1.29, 1.82) is 0 Å². The Morgan fingerprint density at radius 2 is 2.29 bits per heavy atom. The predicted octanol–water partition coefficient (Wildman–Crippen LogP) is 2.35. The van der Waals surface area contributed by atoms with Crippen LogP contribution in [0.1, 0.15) is 55.3 Å². The van der Waals surface area contributed by atoms with E-state index in [-0.39, 0.29) is 17.9 Å². The van der Waals surface area contributed by atoms with Crippen molar-refractivity contribution in [1.82, 2.24) is 20.1 Å². The zero-order chi connectivity index (χ0) is 17.1. The maximum atomic E-state index is 12.5. The number of aryl methyl sites for hydroxylation is 1. The molecule has 0 saturated carbocycles. The quantitative estimate of drug-likeness (QED) is 0.823. The monoisotopic (exact) mass is 350 g/mol. The van der Waals surface area contributed by atoms with Gasteiger partial charge in [0, 0.05) is 17.8 Å². The fraction of sp³-hybridized carbons (Fsp3) is 0.625. The van der Waals surface area contributed by atoms with Gasteiger partial charge in [0.05, 0.1) is 30.3 Å². The van der Waals surface area contributed by atoms with Crippen molar-refractivity contribution in [2.24, 2.45) is 0 Å². The number of hydrogen-bond acceptors (Lipinski definition) is 7. The Balaban J connectivity index is 1.62. The van der Waals surface area contributed by atoms with Crippen molar-refractivity contribution in [3.63, 3.8) is 0 Å². The number of amides is 1. The number of morpholine rings is 1. The molecule has 130 valence electrons. The van der Waals surface area contributed by atoms with Crippen LogP contribution in [0.15, 0.2) is 9.80 Å². The van der Waals surface area contributed by atoms with Crippen molar-refractivity contribution in [3.8, 4) is 0 Å². The lowest BCUT2D eigenvalue weighted by Gasteiger charge is -2.31. The first kappa shape index (κ1) is 17.0. The lowest BCUT2D eigenvalue weighted by molar-refractivity contribution is -0.139. The minimum absolute atomic E-state index is 0.0554. The van der Waals surface area contributed by atoms with Crippen LogP contribution in [0.3, 0.4) is 0 Å². The van der Waals surface area contributed by atoms with Crippen LogP contribution in [0, 0.1) is 0 Å². The molecule has 0 spiro atoms. The normalized spacial score (nSPS) is 18.3. The van der Waals surface area contributed by atoms with E-state index in [0.29, 0.717) is 37.9 Å². The van der Waals surface area contributed by atoms with E-state index in [1.165, 1.54) is 0 Å². The summed E-state index contributed by atoms with van der Waals surface area (Å²) in [4.78, 5) is 18.8. The van der Waals surface area contributed by atoms with Crippen LogP contribution in [0.4, 0.5) is 0 Å². The Morgan fingerprint density at radius 1 is 1.46 bits per heavy atom. The molecule has 0 N–H and O–H groups in total. The third kappa shape index (κ3) is 3.81. The fourth-order valence-corrected chi connectivity index (χ4v) is 3.24. The Bertz CT molecular complexity index is 697. The van der Waals surface area contributed by atoms with Gasteiger partial charge in [0.1, 0.15) is 0 Å². The van der Waals surface area contributed by atoms with Crippen LogP contribution in [0.5, 0.6) is 0 Å². The molecule has 2 aromatic heterocycles. The van der Waals surface area contributed by atoms with Crippen molar-refractivity contribution in [3.05, 3.63) is 27.9 Å². The second kappa shape index (κ2) is 7.40. The zero-order valence-electron chi connectivity index (χ0n) is 14.2. The molecular formula is C16H22N4O3S. The third-order valence-electron chi connectivity index (χ3n) is 3.88. The maximum absolute atomic E-state index is 12.5. The van der Waals surface area contributed by atoms with E-state index in [1.54, 1.807) is 16.2 Å². The molecule has 3 rings (SSSR count). The van der Waals surface area contributed by atoms with Crippen LogP contribution in [0.2, 0.25) is 0 Å². The molecule has 1 atom stereocenters. The van der Waals surface area contributed by atoms with E-state index >= 15 is 0 Å². The first-order valence-corrected chi connectivity index (χ1v) is 9.10. The number of nitrogens with zero attached hydrogens (tertiary/aromatic N) is 4. The summed E-state index contributed by atoms with van der Waals surface area (Å²) >= 11 is 1.60. The van der Waals surface area contributed by atoms with E-state index in [4.69, 9.17) is 9.15 Å². The summed E-state index contributed by atoms with van der Waals surface area (Å²) in [5.74, 6) is 1.26. The van der Waals surface area contributed by atoms with Gasteiger partial charge in [-0.1, -0.05) is 20.8 Å². The van der Waals surface area contributed by atoms with Crippen LogP contribution < -0.4 is 0 Å². The molecule has 0 unspecified atom stereocenters. The molecule has 7 nitrogen and oxygen atoms in total. The van der Waals surface area contributed by atoms with E-state index in [1.807, 2.05) is 19.2 Å². The largest absolute Gasteiger partial charge is 0.422 e. The summed E-state index contributed by atoms with van der Waals surface area (Å²) in [6.45, 7) is 7.52. The Morgan fingerprint density at radius 3 is 2.96 bits per heavy atom. The highest BCUT2D eigenvalue weighted by atomic mass is 32.1. The number of rotatable bonds is 5. The smallest absolute Gasteiger partial charge is 0.247 e. The first-order valence-electron chi connectivity index (χ1n) is 8.22. The molecule has 2 aromatic rings. The van der Waals surface area contributed by atoms with Crippen LogP contribution >= 0.6 is 11.3 Å². The lowest BCUT2D eigenvalue weighted by atomic mass is 10.2. The third-order valence-corrected chi connectivity index (χ3v) is 4.92. The fourth-order valence-electron chi connectivity index (χ4n) is 2.49. The molecule has 1 saturated heterocycles. The molecule has 0 aromatic carbocycles. The average Bonchev–Trinajstić information content (AvgIpc) is 3.24. The van der Waals surface area contributed by atoms with E-state index in [9.17, 15) is 4.79 Å². The zero-order valence-corrected chi connectivity index (χ0v) is 15.0. The molecule has 3 heterocycles. The highest BCUT2D eigenvalue weighted by Crippen LogP contribution is 2.24. The van der Waals surface area contributed by atoms with Gasteiger partial charge in [-0.25, -0.2) is 4.98 Å². The summed E-state index contributed by atoms with van der Waals surface area (Å²) in [7, 11) is 0. The molecule has 0 radical (unpaired) electrons. The Kier molecular flexibility index (Phi) is 5.25. The summed E-state index contributed by atoms with van der Waals surface area (Å²) in [6.07, 6.45) is 0.863. The van der Waals surface area contributed by atoms with Crippen molar-refractivity contribution < 1.29 is 13.9 Å². The first-order chi connectivity index (χ1) is 11.6. The second-order valence-electron chi connectivity index (χ2n) is 6.10. The molecule has 24 heavy (non-hydrogen) atoms. The number of thiazole rings is 1. The maximum Gasteiger partial charge on any atom is 0.247 e. The number of carbonyl (C=O) groups is 1. The Labute approximate surface area is 145 Å². The Hall–Kier alpha value is -1.80. The molecule has 0 aliphatic carbocycles. The summed E-state index contributed by atoms with van der Waals surface area (Å²) in [6, 6.07) is 0. The molecule has 1 fully saturated rings. The van der Waals surface area contributed by atoms with Gasteiger partial charge in [0.25, 0.3) is 0 Å². The van der Waals surface area contributed by atoms with Gasteiger partial charge >= 0.3 is 0 Å². The number of carbonyl (C=O) groups excluding carboxylic acids is 1. The van der Waals surface area contributed by atoms with Crippen molar-refractivity contribution in [2.75, 3.05) is 19.7 Å². The van der Waals surface area contributed by atoms with Gasteiger partial charge in [-0.15, -0.1) is 21.5 Å². The van der Waals surface area contributed by atoms with Gasteiger partial charge < -0.3 is 14.1 Å². The SMILES string of the molecule is CCc1nc(CC(=O)N2CCO[C@@H](c3nnc(C(C)C)o3)C2)cs1. The van der Waals surface area contributed by atoms with E-state index in [2.05, 4.69) is 22.1 Å². The molecule has 1 aliphatic rings. The number of hydrogen-bond donors (Lipinski definition) is 0. The number of aromatic nitrogens is 3. The van der Waals surface area contributed by atoms with Crippen LogP contribution in [0.25, 0.3) is 0 Å². The van der Waals surface area contributed by atoms with E-state index in [0.717, 1.165) is 17.1 Å². The van der Waals surface area contributed by atoms with Gasteiger partial charge in [-0.05, 0) is 6.42 Å². The van der Waals surface area contributed by atoms with Gasteiger partial charge in [-0.3, -0.25) is 4.79 Å². The van der Waals surface area contributed by atoms with Gasteiger partial charge in [0.2, 0.25) is 17.7 Å². The topological polar surface area (TPSA) is 81.4 Å². The lowest BCUT2D eigenvalue weighted by Crippen LogP contribution is -2.43. The summed E-state index contributed by atoms with van der Waals surface area (Å²) in [5.41, 5.74) is 0.838. The molecule has 1 aliphatic heterocycles.